The molecule has 1 aromatic rings. The van der Waals surface area contributed by atoms with Gasteiger partial charge in [-0.25, -0.2) is 4.98 Å². The first-order valence-corrected chi connectivity index (χ1v) is 8.52. The molecule has 19 heavy (non-hydrogen) atoms. The van der Waals surface area contributed by atoms with Crippen molar-refractivity contribution < 1.29 is 0 Å². The van der Waals surface area contributed by atoms with E-state index in [2.05, 4.69) is 15.2 Å². The number of aromatic nitrogens is 3. The van der Waals surface area contributed by atoms with E-state index in [1.807, 2.05) is 0 Å². The van der Waals surface area contributed by atoms with Crippen LogP contribution in [0.1, 0.15) is 64.2 Å². The van der Waals surface area contributed by atoms with Gasteiger partial charge in [-0.3, -0.25) is 5.10 Å². The van der Waals surface area contributed by atoms with Gasteiger partial charge >= 0.3 is 0 Å². The predicted molar refractivity (Wildman–Crippen MR) is 80.2 cm³/mol. The fourth-order valence-corrected chi connectivity index (χ4v) is 3.82. The normalized spacial score (nSPS) is 27.4. The van der Waals surface area contributed by atoms with Crippen LogP contribution in [0, 0.1) is 0 Å². The van der Waals surface area contributed by atoms with Gasteiger partial charge in [-0.2, -0.15) is 5.10 Å². The molecule has 2 atom stereocenters. The lowest BCUT2D eigenvalue weighted by Gasteiger charge is -2.23. The molecule has 108 valence electrons. The zero-order chi connectivity index (χ0) is 13.3. The molecule has 3 N–H and O–H groups in total. The first-order chi connectivity index (χ1) is 9.36. The minimum atomic E-state index is 0.287. The van der Waals surface area contributed by atoms with Crippen molar-refractivity contribution in [2.75, 3.05) is 0 Å². The number of thioether (sulfide) groups is 1. The lowest BCUT2D eigenvalue weighted by molar-refractivity contribution is 0.473. The van der Waals surface area contributed by atoms with E-state index in [-0.39, 0.29) is 6.04 Å². The van der Waals surface area contributed by atoms with Gasteiger partial charge in [-0.05, 0) is 12.8 Å². The van der Waals surface area contributed by atoms with Gasteiger partial charge in [0.25, 0.3) is 0 Å². The Hall–Kier alpha value is -0.550. The summed E-state index contributed by atoms with van der Waals surface area (Å²) in [7, 11) is 0. The zero-order valence-electron chi connectivity index (χ0n) is 11.7. The summed E-state index contributed by atoms with van der Waals surface area (Å²) in [4.78, 5) is 4.22. The number of hydrogen-bond donors (Lipinski definition) is 2. The summed E-state index contributed by atoms with van der Waals surface area (Å²) in [5.41, 5.74) is 6.39. The molecule has 0 amide bonds. The monoisotopic (exact) mass is 282 g/mol. The van der Waals surface area contributed by atoms with Crippen LogP contribution in [0.4, 0.5) is 0 Å². The van der Waals surface area contributed by atoms with Crippen LogP contribution in [0.5, 0.6) is 0 Å². The Labute approximate surface area is 120 Å². The van der Waals surface area contributed by atoms with Crippen molar-refractivity contribution in [3.05, 3.63) is 6.33 Å². The van der Waals surface area contributed by atoms with Gasteiger partial charge in [-0.1, -0.05) is 63.1 Å². The summed E-state index contributed by atoms with van der Waals surface area (Å²) >= 11 is 1.78. The van der Waals surface area contributed by atoms with Crippen molar-refractivity contribution in [2.24, 2.45) is 5.73 Å². The molecule has 2 rings (SSSR count). The van der Waals surface area contributed by atoms with Gasteiger partial charge in [0, 0.05) is 11.3 Å². The van der Waals surface area contributed by atoms with Gasteiger partial charge in [0.2, 0.25) is 0 Å². The van der Waals surface area contributed by atoms with Gasteiger partial charge < -0.3 is 5.73 Å². The Balaban J connectivity index is 1.87. The highest BCUT2D eigenvalue weighted by Gasteiger charge is 2.20. The topological polar surface area (TPSA) is 67.6 Å². The van der Waals surface area contributed by atoms with Crippen LogP contribution in [0.2, 0.25) is 0 Å². The molecule has 1 aliphatic carbocycles. The van der Waals surface area contributed by atoms with E-state index in [1.165, 1.54) is 57.8 Å². The van der Waals surface area contributed by atoms with Crippen LogP contribution in [0.3, 0.4) is 0 Å². The molecule has 1 heterocycles. The number of nitrogens with zero attached hydrogens (tertiary/aromatic N) is 2. The highest BCUT2D eigenvalue weighted by Crippen LogP contribution is 2.28. The lowest BCUT2D eigenvalue weighted by Crippen LogP contribution is -2.32. The first kappa shape index (κ1) is 14.9. The quantitative estimate of drug-likeness (QED) is 0.871. The molecule has 1 saturated carbocycles. The van der Waals surface area contributed by atoms with E-state index in [0.717, 1.165) is 11.6 Å². The van der Waals surface area contributed by atoms with E-state index in [4.69, 9.17) is 5.73 Å². The molecule has 2 unspecified atom stereocenters. The van der Waals surface area contributed by atoms with Crippen molar-refractivity contribution in [2.45, 2.75) is 80.7 Å². The fourth-order valence-electron chi connectivity index (χ4n) is 2.73. The third kappa shape index (κ3) is 5.53. The summed E-state index contributed by atoms with van der Waals surface area (Å²) in [6.07, 6.45) is 14.8. The van der Waals surface area contributed by atoms with E-state index in [9.17, 15) is 0 Å². The van der Waals surface area contributed by atoms with Crippen LogP contribution in [-0.4, -0.2) is 26.5 Å². The van der Waals surface area contributed by atoms with Crippen LogP contribution in [0.25, 0.3) is 0 Å². The summed E-state index contributed by atoms with van der Waals surface area (Å²) in [6, 6.07) is 0.287. The predicted octanol–water partition coefficient (Wildman–Crippen LogP) is 3.51. The van der Waals surface area contributed by atoms with Crippen molar-refractivity contribution in [1.82, 2.24) is 15.2 Å². The number of H-pyrrole nitrogens is 1. The fraction of sp³-hybridized carbons (Fsp3) is 0.857. The Bertz CT molecular complexity index is 328. The summed E-state index contributed by atoms with van der Waals surface area (Å²) < 4.78 is 0. The van der Waals surface area contributed by atoms with Gasteiger partial charge in [-0.15, -0.1) is 0 Å². The lowest BCUT2D eigenvalue weighted by atomic mass is 9.98. The van der Waals surface area contributed by atoms with Gasteiger partial charge in [0.05, 0.1) is 0 Å². The van der Waals surface area contributed by atoms with Crippen molar-refractivity contribution in [3.63, 3.8) is 0 Å². The second kappa shape index (κ2) is 8.59. The summed E-state index contributed by atoms with van der Waals surface area (Å²) in [6.45, 7) is 0. The molecule has 1 fully saturated rings. The third-order valence-electron chi connectivity index (χ3n) is 3.91. The molecule has 4 nitrogen and oxygen atoms in total. The maximum atomic E-state index is 6.39. The molecule has 0 aromatic carbocycles. The molecular formula is C14H26N4S. The molecule has 0 aliphatic heterocycles. The molecule has 0 bridgehead atoms. The molecular weight excluding hydrogens is 256 g/mol. The molecule has 0 spiro atoms. The van der Waals surface area contributed by atoms with E-state index in [1.54, 1.807) is 18.1 Å². The average Bonchev–Trinajstić information content (AvgIpc) is 2.90. The van der Waals surface area contributed by atoms with Gasteiger partial charge in [0.1, 0.15) is 6.33 Å². The van der Waals surface area contributed by atoms with E-state index >= 15 is 0 Å². The molecule has 1 aromatic heterocycles. The maximum absolute atomic E-state index is 6.39. The summed E-state index contributed by atoms with van der Waals surface area (Å²) in [5.74, 6) is 0. The Morgan fingerprint density at radius 1 is 1.00 bits per heavy atom. The van der Waals surface area contributed by atoms with Gasteiger partial charge in [0.15, 0.2) is 5.16 Å². The highest BCUT2D eigenvalue weighted by atomic mass is 32.2. The second-order valence-electron chi connectivity index (χ2n) is 5.52. The minimum absolute atomic E-state index is 0.287. The zero-order valence-corrected chi connectivity index (χ0v) is 12.5. The third-order valence-corrected chi connectivity index (χ3v) is 5.22. The van der Waals surface area contributed by atoms with Crippen LogP contribution < -0.4 is 5.73 Å². The SMILES string of the molecule is NC1CCCCCCCCCCC1Sc1ncn[nH]1. The molecule has 5 heteroatoms. The molecule has 0 saturated heterocycles. The second-order valence-corrected chi connectivity index (χ2v) is 6.74. The Morgan fingerprint density at radius 3 is 2.26 bits per heavy atom. The highest BCUT2D eigenvalue weighted by molar-refractivity contribution is 7.99. The average molecular weight is 282 g/mol. The van der Waals surface area contributed by atoms with Crippen LogP contribution in [0.15, 0.2) is 11.5 Å². The standard InChI is InChI=1S/C14H26N4S/c15-12-9-7-5-3-1-2-4-6-8-10-13(12)19-14-16-11-17-18-14/h11-13H,1-10,15H2,(H,16,17,18). The molecule has 1 aliphatic rings. The number of hydrogen-bond acceptors (Lipinski definition) is 4. The smallest absolute Gasteiger partial charge is 0.183 e. The number of rotatable bonds is 2. The Kier molecular flexibility index (Phi) is 6.71. The number of nitrogens with one attached hydrogen (secondary N) is 1. The van der Waals surface area contributed by atoms with Crippen molar-refractivity contribution in [3.8, 4) is 0 Å². The number of aromatic amines is 1. The maximum Gasteiger partial charge on any atom is 0.183 e. The van der Waals surface area contributed by atoms with E-state index < -0.39 is 0 Å². The minimum Gasteiger partial charge on any atom is -0.327 e. The summed E-state index contributed by atoms with van der Waals surface area (Å²) in [5, 5.41) is 8.24. The van der Waals surface area contributed by atoms with Crippen LogP contribution in [-0.2, 0) is 0 Å². The van der Waals surface area contributed by atoms with Crippen molar-refractivity contribution >= 4 is 11.8 Å². The van der Waals surface area contributed by atoms with E-state index in [0.29, 0.717) is 5.25 Å². The Morgan fingerprint density at radius 2 is 1.63 bits per heavy atom. The molecule has 0 radical (unpaired) electrons. The van der Waals surface area contributed by atoms with Crippen LogP contribution >= 0.6 is 11.8 Å². The number of nitrogens with two attached hydrogens (primary N) is 1. The largest absolute Gasteiger partial charge is 0.327 e. The first-order valence-electron chi connectivity index (χ1n) is 7.64. The van der Waals surface area contributed by atoms with Crippen molar-refractivity contribution in [1.29, 1.82) is 0 Å².